The van der Waals surface area contributed by atoms with Crippen LogP contribution in [0.4, 0.5) is 0 Å². The Morgan fingerprint density at radius 1 is 0.339 bits per heavy atom. The van der Waals surface area contributed by atoms with Gasteiger partial charge in [0.15, 0.2) is 5.82 Å². The van der Waals surface area contributed by atoms with Crippen LogP contribution < -0.4 is 0 Å². The summed E-state index contributed by atoms with van der Waals surface area (Å²) in [7, 11) is 0. The molecule has 0 unspecified atom stereocenters. The predicted molar refractivity (Wildman–Crippen MR) is 234 cm³/mol. The third kappa shape index (κ3) is 4.62. The summed E-state index contributed by atoms with van der Waals surface area (Å²) in [5.74, 6) is 0.729. The number of hydrogen-bond donors (Lipinski definition) is 0. The van der Waals surface area contributed by atoms with Crippen LogP contribution in [0, 0.1) is 0 Å². The summed E-state index contributed by atoms with van der Waals surface area (Å²) in [6, 6.07) is 61.9. The van der Waals surface area contributed by atoms with E-state index >= 15 is 0 Å². The highest BCUT2D eigenvalue weighted by Gasteiger charge is 2.40. The topological polar surface area (TPSA) is 25.8 Å². The van der Waals surface area contributed by atoms with Gasteiger partial charge >= 0.3 is 0 Å². The second kappa shape index (κ2) is 11.9. The highest BCUT2D eigenvalue weighted by atomic mass is 14.9. The van der Waals surface area contributed by atoms with Gasteiger partial charge in [0, 0.05) is 27.5 Å². The molecule has 1 heterocycles. The molecule has 266 valence electrons. The van der Waals surface area contributed by atoms with E-state index in [2.05, 4.69) is 198 Å². The van der Waals surface area contributed by atoms with Crippen molar-refractivity contribution in [3.05, 3.63) is 192 Å². The minimum absolute atomic E-state index is 0.176. The molecule has 2 nitrogen and oxygen atoms in total. The lowest BCUT2D eigenvalue weighted by molar-refractivity contribution is 0.662. The fourth-order valence-corrected chi connectivity index (χ4v) is 10.2. The zero-order chi connectivity index (χ0) is 37.8. The Bertz CT molecular complexity index is 3080. The summed E-state index contributed by atoms with van der Waals surface area (Å²) in [5.41, 5.74) is 18.0. The smallest absolute Gasteiger partial charge is 0.161 e. The molecular weight excluding hydrogens is 677 g/mol. The summed E-state index contributed by atoms with van der Waals surface area (Å²) in [4.78, 5) is 10.8. The van der Waals surface area contributed by atoms with Crippen molar-refractivity contribution in [1.29, 1.82) is 0 Å². The lowest BCUT2D eigenvalue weighted by Gasteiger charge is -2.26. The van der Waals surface area contributed by atoms with Gasteiger partial charge in [-0.25, -0.2) is 9.97 Å². The molecular formula is C54H40N2. The number of aromatic nitrogens is 2. The van der Waals surface area contributed by atoms with Gasteiger partial charge < -0.3 is 0 Å². The van der Waals surface area contributed by atoms with Crippen molar-refractivity contribution in [1.82, 2.24) is 9.97 Å². The average Bonchev–Trinajstić information content (AvgIpc) is 3.63. The minimum atomic E-state index is -0.187. The second-order valence-electron chi connectivity index (χ2n) is 16.5. The van der Waals surface area contributed by atoms with Crippen LogP contribution in [0.3, 0.4) is 0 Å². The Morgan fingerprint density at radius 2 is 0.857 bits per heavy atom. The first kappa shape index (κ1) is 32.8. The van der Waals surface area contributed by atoms with Crippen LogP contribution >= 0.6 is 0 Å². The quantitative estimate of drug-likeness (QED) is 0.181. The van der Waals surface area contributed by atoms with Gasteiger partial charge in [-0.2, -0.15) is 0 Å². The molecule has 0 spiro atoms. The monoisotopic (exact) mass is 716 g/mol. The maximum absolute atomic E-state index is 5.48. The fraction of sp³-hybridized carbons (Fsp3) is 0.111. The van der Waals surface area contributed by atoms with E-state index in [-0.39, 0.29) is 10.8 Å². The molecule has 9 aromatic rings. The van der Waals surface area contributed by atoms with E-state index in [1.54, 1.807) is 0 Å². The largest absolute Gasteiger partial charge is 0.228 e. The van der Waals surface area contributed by atoms with Gasteiger partial charge in [-0.05, 0) is 89.3 Å². The van der Waals surface area contributed by atoms with E-state index in [1.165, 1.54) is 71.8 Å². The Labute approximate surface area is 328 Å². The summed E-state index contributed by atoms with van der Waals surface area (Å²) in [5, 5.41) is 4.96. The van der Waals surface area contributed by atoms with Crippen molar-refractivity contribution in [3.8, 4) is 67.3 Å². The zero-order valence-corrected chi connectivity index (χ0v) is 32.1. The van der Waals surface area contributed by atoms with Gasteiger partial charge in [0.05, 0.1) is 11.4 Å². The Hall–Kier alpha value is -6.64. The highest BCUT2D eigenvalue weighted by molar-refractivity contribution is 6.07. The molecule has 11 rings (SSSR count). The molecule has 56 heavy (non-hydrogen) atoms. The number of nitrogens with zero attached hydrogens (tertiary/aromatic N) is 2. The van der Waals surface area contributed by atoms with Crippen molar-refractivity contribution in [3.63, 3.8) is 0 Å². The first-order chi connectivity index (χ1) is 27.3. The van der Waals surface area contributed by atoms with Gasteiger partial charge in [0.2, 0.25) is 0 Å². The first-order valence-corrected chi connectivity index (χ1v) is 19.7. The predicted octanol–water partition coefficient (Wildman–Crippen LogP) is 14.1. The zero-order valence-electron chi connectivity index (χ0n) is 32.1. The normalized spacial score (nSPS) is 14.4. The molecule has 0 atom stereocenters. The van der Waals surface area contributed by atoms with Crippen LogP contribution in [-0.2, 0) is 10.8 Å². The Morgan fingerprint density at radius 3 is 1.64 bits per heavy atom. The van der Waals surface area contributed by atoms with Crippen LogP contribution in [0.1, 0.15) is 49.9 Å². The summed E-state index contributed by atoms with van der Waals surface area (Å²) < 4.78 is 0. The third-order valence-electron chi connectivity index (χ3n) is 12.6. The molecule has 0 N–H and O–H groups in total. The SMILES string of the molecule is CC1(C)c2ccccc2-c2cccc(-c3cc(-c4ccccc4)nc(-c4ccc(-c5cccc6c5C(C)(C)c5c-6ccc6ccccc56)c5ccccc45)n3)c21. The second-order valence-corrected chi connectivity index (χ2v) is 16.5. The fourth-order valence-electron chi connectivity index (χ4n) is 10.2. The minimum Gasteiger partial charge on any atom is -0.228 e. The average molecular weight is 717 g/mol. The van der Waals surface area contributed by atoms with Crippen LogP contribution in [-0.4, -0.2) is 9.97 Å². The van der Waals surface area contributed by atoms with Gasteiger partial charge in [0.1, 0.15) is 0 Å². The number of fused-ring (bicyclic) bond motifs is 9. The maximum Gasteiger partial charge on any atom is 0.161 e. The summed E-state index contributed by atoms with van der Waals surface area (Å²) in [6.45, 7) is 9.48. The van der Waals surface area contributed by atoms with Gasteiger partial charge in [-0.1, -0.05) is 185 Å². The highest BCUT2D eigenvalue weighted by Crippen LogP contribution is 2.55. The summed E-state index contributed by atoms with van der Waals surface area (Å²) in [6.07, 6.45) is 0. The van der Waals surface area contributed by atoms with Gasteiger partial charge in [0.25, 0.3) is 0 Å². The third-order valence-corrected chi connectivity index (χ3v) is 12.6. The van der Waals surface area contributed by atoms with Crippen molar-refractivity contribution < 1.29 is 0 Å². The van der Waals surface area contributed by atoms with E-state index in [1.807, 2.05) is 0 Å². The van der Waals surface area contributed by atoms with Crippen molar-refractivity contribution in [2.75, 3.05) is 0 Å². The molecule has 0 radical (unpaired) electrons. The van der Waals surface area contributed by atoms with Crippen molar-refractivity contribution in [2.45, 2.75) is 38.5 Å². The Balaban J connectivity index is 1.12. The van der Waals surface area contributed by atoms with E-state index in [0.29, 0.717) is 0 Å². The number of rotatable bonds is 4. The molecule has 0 bridgehead atoms. The molecule has 0 saturated carbocycles. The van der Waals surface area contributed by atoms with E-state index in [4.69, 9.17) is 9.97 Å². The van der Waals surface area contributed by atoms with Gasteiger partial charge in [-0.15, -0.1) is 0 Å². The first-order valence-electron chi connectivity index (χ1n) is 19.7. The number of hydrogen-bond acceptors (Lipinski definition) is 2. The molecule has 0 fully saturated rings. The van der Waals surface area contributed by atoms with Crippen LogP contribution in [0.25, 0.3) is 88.8 Å². The van der Waals surface area contributed by atoms with Crippen LogP contribution in [0.2, 0.25) is 0 Å². The van der Waals surface area contributed by atoms with Gasteiger partial charge in [-0.3, -0.25) is 0 Å². The lowest BCUT2D eigenvalue weighted by Crippen LogP contribution is -2.17. The molecule has 0 aliphatic heterocycles. The molecule has 2 aliphatic carbocycles. The van der Waals surface area contributed by atoms with Crippen molar-refractivity contribution in [2.24, 2.45) is 0 Å². The van der Waals surface area contributed by atoms with E-state index in [9.17, 15) is 0 Å². The summed E-state index contributed by atoms with van der Waals surface area (Å²) >= 11 is 0. The number of benzene rings is 8. The molecule has 2 aliphatic rings. The molecule has 1 aromatic heterocycles. The molecule has 0 amide bonds. The van der Waals surface area contributed by atoms with Crippen LogP contribution in [0.5, 0.6) is 0 Å². The standard InChI is InChI=1S/C54H40N2/c1-53(2)46-27-13-12-22-39(46)41-24-15-26-45(51(41)53)48-32-47(34-17-6-5-7-18-34)55-52(56-48)44-31-30-38(36-20-10-11-21-37(36)44)40-23-14-25-42-43-29-28-33-16-8-9-19-35(33)49(43)54(3,4)50(40)42/h5-32H,1-4H3. The Kier molecular flexibility index (Phi) is 6.98. The van der Waals surface area contributed by atoms with Crippen LogP contribution in [0.15, 0.2) is 170 Å². The molecule has 0 saturated heterocycles. The van der Waals surface area contributed by atoms with Crippen molar-refractivity contribution >= 4 is 21.5 Å². The molecule has 2 heteroatoms. The maximum atomic E-state index is 5.48. The van der Waals surface area contributed by atoms with E-state index in [0.717, 1.165) is 39.3 Å². The molecule has 8 aromatic carbocycles. The lowest BCUT2D eigenvalue weighted by atomic mass is 9.77. The van der Waals surface area contributed by atoms with E-state index < -0.39 is 0 Å².